The van der Waals surface area contributed by atoms with Crippen molar-refractivity contribution < 1.29 is 4.74 Å². The third-order valence-corrected chi connectivity index (χ3v) is 4.41. The van der Waals surface area contributed by atoms with Crippen LogP contribution in [0, 0.1) is 25.2 Å². The largest absolute Gasteiger partial charge is 0.494 e. The summed E-state index contributed by atoms with van der Waals surface area (Å²) in [4.78, 5) is 7.85. The van der Waals surface area contributed by atoms with E-state index in [1.807, 2.05) is 36.4 Å². The normalized spacial score (nSPS) is 11.5. The Morgan fingerprint density at radius 2 is 2.04 bits per heavy atom. The van der Waals surface area contributed by atoms with E-state index in [4.69, 9.17) is 4.74 Å². The van der Waals surface area contributed by atoms with Crippen molar-refractivity contribution in [1.82, 2.24) is 9.97 Å². The van der Waals surface area contributed by atoms with E-state index >= 15 is 0 Å². The van der Waals surface area contributed by atoms with Gasteiger partial charge in [0.1, 0.15) is 17.6 Å². The van der Waals surface area contributed by atoms with Gasteiger partial charge in [-0.25, -0.2) is 4.98 Å². The van der Waals surface area contributed by atoms with Crippen molar-refractivity contribution in [3.8, 4) is 11.8 Å². The minimum absolute atomic E-state index is 0.502. The lowest BCUT2D eigenvalue weighted by Crippen LogP contribution is -1.96. The Bertz CT molecular complexity index is 953. The summed E-state index contributed by atoms with van der Waals surface area (Å²) in [7, 11) is 0. The van der Waals surface area contributed by atoms with E-state index in [0.717, 1.165) is 35.2 Å². The van der Waals surface area contributed by atoms with Crippen LogP contribution < -0.4 is 4.74 Å². The highest BCUT2D eigenvalue weighted by Crippen LogP contribution is 2.23. The maximum atomic E-state index is 9.61. The lowest BCUT2D eigenvalue weighted by molar-refractivity contribution is 0.309. The fraction of sp³-hybridized carbons (Fsp3) is 0.273. The second kappa shape index (κ2) is 7.88. The summed E-state index contributed by atoms with van der Waals surface area (Å²) in [6.07, 6.45) is 3.97. The van der Waals surface area contributed by atoms with Crippen LogP contribution in [0.5, 0.6) is 5.75 Å². The standard InChI is InChI=1S/C22H23N3O/c1-4-5-9-26-19-8-6-7-17(13-19)12-18(14-23)22-24-20-10-15(2)16(3)11-21(20)25-22/h6-8,10-13H,4-5,9H2,1-3H3,(H,24,25)/b18-12-. The molecule has 1 N–H and O–H groups in total. The van der Waals surface area contributed by atoms with Crippen molar-refractivity contribution in [2.45, 2.75) is 33.6 Å². The molecule has 0 saturated carbocycles. The van der Waals surface area contributed by atoms with Gasteiger partial charge in [0.2, 0.25) is 0 Å². The minimum Gasteiger partial charge on any atom is -0.494 e. The summed E-state index contributed by atoms with van der Waals surface area (Å²) in [5.41, 5.74) is 5.63. The maximum absolute atomic E-state index is 9.61. The third kappa shape index (κ3) is 3.94. The molecule has 0 radical (unpaired) electrons. The zero-order valence-electron chi connectivity index (χ0n) is 15.5. The number of fused-ring (bicyclic) bond motifs is 1. The van der Waals surface area contributed by atoms with E-state index in [1.54, 1.807) is 0 Å². The summed E-state index contributed by atoms with van der Waals surface area (Å²) >= 11 is 0. The van der Waals surface area contributed by atoms with Crippen molar-refractivity contribution in [2.75, 3.05) is 6.61 Å². The summed E-state index contributed by atoms with van der Waals surface area (Å²) in [5, 5.41) is 9.61. The molecule has 0 aliphatic rings. The summed E-state index contributed by atoms with van der Waals surface area (Å²) < 4.78 is 5.75. The number of aromatic nitrogens is 2. The minimum atomic E-state index is 0.502. The number of nitriles is 1. The molecule has 0 bridgehead atoms. The number of imidazole rings is 1. The van der Waals surface area contributed by atoms with Gasteiger partial charge in [0.05, 0.1) is 23.2 Å². The molecule has 3 aromatic rings. The molecule has 0 aliphatic carbocycles. The number of ether oxygens (including phenoxy) is 1. The molecule has 132 valence electrons. The predicted molar refractivity (Wildman–Crippen MR) is 106 cm³/mol. The van der Waals surface area contributed by atoms with Crippen LogP contribution in [0.2, 0.25) is 0 Å². The van der Waals surface area contributed by atoms with Crippen LogP contribution in [-0.2, 0) is 0 Å². The first-order chi connectivity index (χ1) is 12.6. The molecule has 0 amide bonds. The van der Waals surface area contributed by atoms with Crippen LogP contribution in [0.25, 0.3) is 22.7 Å². The van der Waals surface area contributed by atoms with Crippen molar-refractivity contribution >= 4 is 22.7 Å². The summed E-state index contributed by atoms with van der Waals surface area (Å²) in [6.45, 7) is 6.98. The SMILES string of the molecule is CCCCOc1cccc(/C=C(/C#N)c2nc3cc(C)c(C)cc3[nH]2)c1. The van der Waals surface area contributed by atoms with Gasteiger partial charge >= 0.3 is 0 Å². The summed E-state index contributed by atoms with van der Waals surface area (Å²) in [6, 6.07) is 14.1. The Hall–Kier alpha value is -3.06. The fourth-order valence-electron chi connectivity index (χ4n) is 2.75. The molecular formula is C22H23N3O. The topological polar surface area (TPSA) is 61.7 Å². The van der Waals surface area contributed by atoms with Crippen LogP contribution in [0.15, 0.2) is 36.4 Å². The Labute approximate surface area is 154 Å². The lowest BCUT2D eigenvalue weighted by Gasteiger charge is -2.05. The average molecular weight is 345 g/mol. The van der Waals surface area contributed by atoms with E-state index < -0.39 is 0 Å². The van der Waals surface area contributed by atoms with Gasteiger partial charge < -0.3 is 9.72 Å². The van der Waals surface area contributed by atoms with E-state index in [1.165, 1.54) is 11.1 Å². The molecule has 26 heavy (non-hydrogen) atoms. The van der Waals surface area contributed by atoms with Crippen LogP contribution in [0.3, 0.4) is 0 Å². The Morgan fingerprint density at radius 3 is 2.81 bits per heavy atom. The van der Waals surface area contributed by atoms with Crippen molar-refractivity contribution in [1.29, 1.82) is 5.26 Å². The summed E-state index contributed by atoms with van der Waals surface area (Å²) in [5.74, 6) is 1.41. The number of unbranched alkanes of at least 4 members (excludes halogenated alkanes) is 1. The van der Waals surface area contributed by atoms with E-state index in [0.29, 0.717) is 18.0 Å². The number of aryl methyl sites for hydroxylation is 2. The molecule has 0 unspecified atom stereocenters. The first-order valence-electron chi connectivity index (χ1n) is 8.92. The maximum Gasteiger partial charge on any atom is 0.149 e. The van der Waals surface area contributed by atoms with Gasteiger partial charge in [-0.1, -0.05) is 25.5 Å². The monoisotopic (exact) mass is 345 g/mol. The zero-order valence-corrected chi connectivity index (χ0v) is 15.5. The number of nitrogens with zero attached hydrogens (tertiary/aromatic N) is 2. The second-order valence-corrected chi connectivity index (χ2v) is 6.48. The van der Waals surface area contributed by atoms with Crippen molar-refractivity contribution in [2.24, 2.45) is 0 Å². The average Bonchev–Trinajstić information content (AvgIpc) is 3.03. The van der Waals surface area contributed by atoms with Gasteiger partial charge in [-0.05, 0) is 67.3 Å². The van der Waals surface area contributed by atoms with Crippen LogP contribution in [0.1, 0.15) is 42.3 Å². The molecule has 1 heterocycles. The number of nitrogens with one attached hydrogen (secondary N) is 1. The molecule has 0 aliphatic heterocycles. The number of aromatic amines is 1. The van der Waals surface area contributed by atoms with Gasteiger partial charge in [0.25, 0.3) is 0 Å². The highest BCUT2D eigenvalue weighted by Gasteiger charge is 2.09. The lowest BCUT2D eigenvalue weighted by atomic mass is 10.1. The molecular weight excluding hydrogens is 322 g/mol. The van der Waals surface area contributed by atoms with Gasteiger partial charge in [-0.15, -0.1) is 0 Å². The molecule has 0 saturated heterocycles. The van der Waals surface area contributed by atoms with E-state index in [-0.39, 0.29) is 0 Å². The Morgan fingerprint density at radius 1 is 1.23 bits per heavy atom. The van der Waals surface area contributed by atoms with E-state index in [2.05, 4.69) is 42.9 Å². The van der Waals surface area contributed by atoms with E-state index in [9.17, 15) is 5.26 Å². The molecule has 2 aromatic carbocycles. The molecule has 1 aromatic heterocycles. The van der Waals surface area contributed by atoms with Crippen molar-refractivity contribution in [3.05, 3.63) is 58.9 Å². The number of hydrogen-bond acceptors (Lipinski definition) is 3. The highest BCUT2D eigenvalue weighted by atomic mass is 16.5. The smallest absolute Gasteiger partial charge is 0.149 e. The fourth-order valence-corrected chi connectivity index (χ4v) is 2.75. The number of allylic oxidation sites excluding steroid dienone is 1. The molecule has 4 heteroatoms. The first-order valence-corrected chi connectivity index (χ1v) is 8.92. The van der Waals surface area contributed by atoms with Crippen LogP contribution in [0.4, 0.5) is 0 Å². The second-order valence-electron chi connectivity index (χ2n) is 6.48. The van der Waals surface area contributed by atoms with Crippen LogP contribution in [-0.4, -0.2) is 16.6 Å². The Kier molecular flexibility index (Phi) is 5.38. The predicted octanol–water partition coefficient (Wildman–Crippen LogP) is 5.42. The molecule has 4 nitrogen and oxygen atoms in total. The number of rotatable bonds is 6. The highest BCUT2D eigenvalue weighted by molar-refractivity contribution is 5.90. The molecule has 0 fully saturated rings. The van der Waals surface area contributed by atoms with Crippen molar-refractivity contribution in [3.63, 3.8) is 0 Å². The third-order valence-electron chi connectivity index (χ3n) is 4.41. The molecule has 0 atom stereocenters. The Balaban J connectivity index is 1.91. The van der Waals surface area contributed by atoms with Gasteiger partial charge in [0, 0.05) is 0 Å². The van der Waals surface area contributed by atoms with Gasteiger partial charge in [-0.3, -0.25) is 0 Å². The quantitative estimate of drug-likeness (QED) is 0.479. The zero-order chi connectivity index (χ0) is 18.5. The van der Waals surface area contributed by atoms with Gasteiger partial charge in [0.15, 0.2) is 0 Å². The van der Waals surface area contributed by atoms with Gasteiger partial charge in [-0.2, -0.15) is 5.26 Å². The molecule has 3 rings (SSSR count). The number of H-pyrrole nitrogens is 1. The molecule has 0 spiro atoms. The first kappa shape index (κ1) is 17.8. The number of benzene rings is 2. The van der Waals surface area contributed by atoms with Crippen LogP contribution >= 0.6 is 0 Å². The number of hydrogen-bond donors (Lipinski definition) is 1.